The number of hydrogen-bond acceptors (Lipinski definition) is 2. The first kappa shape index (κ1) is 11.6. The first-order valence-corrected chi connectivity index (χ1v) is 6.02. The normalized spacial score (nSPS) is 10.5. The number of aromatic nitrogens is 2. The van der Waals surface area contributed by atoms with Crippen molar-refractivity contribution in [2.24, 2.45) is 0 Å². The molecule has 1 aromatic heterocycles. The van der Waals surface area contributed by atoms with E-state index in [-0.39, 0.29) is 5.82 Å². The van der Waals surface area contributed by atoms with Gasteiger partial charge in [-0.2, -0.15) is 5.26 Å². The molecular weight excluding hydrogens is 261 g/mol. The summed E-state index contributed by atoms with van der Waals surface area (Å²) < 4.78 is 15.8. The summed E-state index contributed by atoms with van der Waals surface area (Å²) in [6.45, 7) is 0. The van der Waals surface area contributed by atoms with Crippen molar-refractivity contribution in [3.8, 4) is 11.8 Å². The van der Waals surface area contributed by atoms with Crippen LogP contribution in [0.25, 0.3) is 16.7 Å². The molecule has 2 aromatic carbocycles. The molecule has 0 aliphatic carbocycles. The van der Waals surface area contributed by atoms with E-state index in [1.54, 1.807) is 34.9 Å². The van der Waals surface area contributed by atoms with E-state index in [1.165, 1.54) is 6.07 Å². The third-order valence-corrected chi connectivity index (χ3v) is 3.22. The van der Waals surface area contributed by atoms with Gasteiger partial charge < -0.3 is 4.98 Å². The Balaban J connectivity index is 2.45. The fourth-order valence-corrected chi connectivity index (χ4v) is 2.40. The number of benzene rings is 2. The third-order valence-electron chi connectivity index (χ3n) is 2.93. The van der Waals surface area contributed by atoms with Gasteiger partial charge in [-0.3, -0.25) is 4.57 Å². The van der Waals surface area contributed by atoms with Crippen molar-refractivity contribution in [1.29, 1.82) is 5.26 Å². The van der Waals surface area contributed by atoms with Crippen LogP contribution in [0.4, 0.5) is 4.39 Å². The molecule has 92 valence electrons. The Hall–Kier alpha value is -2.45. The fraction of sp³-hybridized carbons (Fsp3) is 0. The number of para-hydroxylation sites is 2. The Morgan fingerprint density at radius 2 is 1.95 bits per heavy atom. The summed E-state index contributed by atoms with van der Waals surface area (Å²) in [6, 6.07) is 13.9. The van der Waals surface area contributed by atoms with E-state index in [0.717, 1.165) is 0 Å². The highest BCUT2D eigenvalue weighted by molar-refractivity contribution is 7.71. The predicted octanol–water partition coefficient (Wildman–Crippen LogP) is 3.70. The molecule has 3 aromatic rings. The quantitative estimate of drug-likeness (QED) is 0.685. The number of nitriles is 1. The highest BCUT2D eigenvalue weighted by atomic mass is 32.1. The van der Waals surface area contributed by atoms with Gasteiger partial charge in [0.2, 0.25) is 0 Å². The summed E-state index contributed by atoms with van der Waals surface area (Å²) >= 11 is 5.23. The highest BCUT2D eigenvalue weighted by Gasteiger charge is 2.12. The number of fused-ring (bicyclic) bond motifs is 1. The number of imidazole rings is 1. The lowest BCUT2D eigenvalue weighted by Crippen LogP contribution is -1.97. The molecule has 0 bridgehead atoms. The third kappa shape index (κ3) is 1.74. The van der Waals surface area contributed by atoms with Crippen LogP contribution >= 0.6 is 12.2 Å². The van der Waals surface area contributed by atoms with Crippen LogP contribution in [0, 0.1) is 21.9 Å². The number of H-pyrrole nitrogens is 1. The molecular formula is C14H8FN3S. The number of hydrogen-bond donors (Lipinski definition) is 1. The molecule has 0 aliphatic rings. The first-order chi connectivity index (χ1) is 9.22. The maximum atomic E-state index is 13.7. The van der Waals surface area contributed by atoms with Crippen molar-refractivity contribution in [1.82, 2.24) is 9.55 Å². The van der Waals surface area contributed by atoms with Crippen molar-refractivity contribution >= 4 is 23.3 Å². The molecule has 5 heteroatoms. The molecule has 0 saturated heterocycles. The van der Waals surface area contributed by atoms with Crippen molar-refractivity contribution in [2.45, 2.75) is 0 Å². The minimum Gasteiger partial charge on any atom is -0.328 e. The largest absolute Gasteiger partial charge is 0.328 e. The topological polar surface area (TPSA) is 44.5 Å². The van der Waals surface area contributed by atoms with E-state index in [4.69, 9.17) is 17.5 Å². The van der Waals surface area contributed by atoms with Crippen LogP contribution in [0.2, 0.25) is 0 Å². The Labute approximate surface area is 113 Å². The van der Waals surface area contributed by atoms with Crippen molar-refractivity contribution in [3.05, 3.63) is 58.6 Å². The van der Waals surface area contributed by atoms with Gasteiger partial charge in [0.1, 0.15) is 17.4 Å². The molecule has 0 unspecified atom stereocenters. The molecule has 1 N–H and O–H groups in total. The summed E-state index contributed by atoms with van der Waals surface area (Å²) in [5.74, 6) is -0.364. The zero-order valence-corrected chi connectivity index (χ0v) is 10.5. The summed E-state index contributed by atoms with van der Waals surface area (Å²) in [6.07, 6.45) is 0. The first-order valence-electron chi connectivity index (χ1n) is 5.61. The maximum absolute atomic E-state index is 13.7. The summed E-state index contributed by atoms with van der Waals surface area (Å²) in [5.41, 5.74) is 2.10. The lowest BCUT2D eigenvalue weighted by atomic mass is 10.2. The molecule has 19 heavy (non-hydrogen) atoms. The minimum absolute atomic E-state index is 0.347. The SMILES string of the molecule is N#Cc1ccccc1-n1c(=S)[nH]c2c(F)cccc21. The zero-order chi connectivity index (χ0) is 13.4. The van der Waals surface area contributed by atoms with E-state index in [1.807, 2.05) is 6.07 Å². The molecule has 1 heterocycles. The van der Waals surface area contributed by atoms with E-state index >= 15 is 0 Å². The van der Waals surface area contributed by atoms with Gasteiger partial charge in [0.05, 0.1) is 16.8 Å². The Morgan fingerprint density at radius 3 is 2.74 bits per heavy atom. The Kier molecular flexibility index (Phi) is 2.65. The molecule has 0 aliphatic heterocycles. The zero-order valence-electron chi connectivity index (χ0n) is 9.72. The molecule has 3 rings (SSSR count). The number of nitrogens with zero attached hydrogens (tertiary/aromatic N) is 2. The second kappa shape index (κ2) is 4.34. The lowest BCUT2D eigenvalue weighted by Gasteiger charge is -2.06. The molecule has 0 amide bonds. The van der Waals surface area contributed by atoms with Gasteiger partial charge in [-0.15, -0.1) is 0 Å². The minimum atomic E-state index is -0.364. The average molecular weight is 269 g/mol. The summed E-state index contributed by atoms with van der Waals surface area (Å²) in [7, 11) is 0. The van der Waals surface area contributed by atoms with Crippen LogP contribution < -0.4 is 0 Å². The van der Waals surface area contributed by atoms with Crippen LogP contribution in [0.1, 0.15) is 5.56 Å². The van der Waals surface area contributed by atoms with Gasteiger partial charge in [0.25, 0.3) is 0 Å². The molecule has 0 fully saturated rings. The maximum Gasteiger partial charge on any atom is 0.182 e. The number of nitrogens with one attached hydrogen (secondary N) is 1. The lowest BCUT2D eigenvalue weighted by molar-refractivity contribution is 0.637. The standard InChI is InChI=1S/C14H8FN3S/c15-10-5-3-7-12-13(10)17-14(19)18(12)11-6-2-1-4-9(11)8-16/h1-7H,(H,17,19). The molecule has 0 spiro atoms. The molecule has 0 atom stereocenters. The molecule has 0 radical (unpaired) electrons. The Bertz CT molecular complexity index is 870. The van der Waals surface area contributed by atoms with Crippen LogP contribution in [-0.4, -0.2) is 9.55 Å². The van der Waals surface area contributed by atoms with Crippen LogP contribution in [-0.2, 0) is 0 Å². The van der Waals surface area contributed by atoms with Crippen molar-refractivity contribution < 1.29 is 4.39 Å². The van der Waals surface area contributed by atoms with Crippen LogP contribution in [0.15, 0.2) is 42.5 Å². The monoisotopic (exact) mass is 269 g/mol. The van der Waals surface area contributed by atoms with E-state index in [2.05, 4.69) is 11.1 Å². The van der Waals surface area contributed by atoms with Crippen molar-refractivity contribution in [2.75, 3.05) is 0 Å². The van der Waals surface area contributed by atoms with E-state index in [9.17, 15) is 4.39 Å². The second-order valence-electron chi connectivity index (χ2n) is 4.03. The fourth-order valence-electron chi connectivity index (χ4n) is 2.10. The molecule has 0 saturated carbocycles. The smallest absolute Gasteiger partial charge is 0.182 e. The number of halogens is 1. The van der Waals surface area contributed by atoms with Gasteiger partial charge in [-0.05, 0) is 36.5 Å². The van der Waals surface area contributed by atoms with E-state index in [0.29, 0.717) is 27.1 Å². The van der Waals surface area contributed by atoms with Gasteiger partial charge in [0.15, 0.2) is 4.77 Å². The summed E-state index contributed by atoms with van der Waals surface area (Å²) in [5, 5.41) is 9.15. The van der Waals surface area contributed by atoms with Gasteiger partial charge in [-0.25, -0.2) is 4.39 Å². The molecule has 3 nitrogen and oxygen atoms in total. The predicted molar refractivity (Wildman–Crippen MR) is 73.1 cm³/mol. The van der Waals surface area contributed by atoms with Gasteiger partial charge >= 0.3 is 0 Å². The van der Waals surface area contributed by atoms with E-state index < -0.39 is 0 Å². The summed E-state index contributed by atoms with van der Waals surface area (Å²) in [4.78, 5) is 2.84. The van der Waals surface area contributed by atoms with Crippen LogP contribution in [0.5, 0.6) is 0 Å². The Morgan fingerprint density at radius 1 is 1.16 bits per heavy atom. The van der Waals surface area contributed by atoms with Crippen LogP contribution in [0.3, 0.4) is 0 Å². The van der Waals surface area contributed by atoms with Gasteiger partial charge in [-0.1, -0.05) is 18.2 Å². The second-order valence-corrected chi connectivity index (χ2v) is 4.42. The number of aromatic amines is 1. The highest BCUT2D eigenvalue weighted by Crippen LogP contribution is 2.23. The van der Waals surface area contributed by atoms with Crippen molar-refractivity contribution in [3.63, 3.8) is 0 Å². The van der Waals surface area contributed by atoms with Gasteiger partial charge in [0, 0.05) is 0 Å². The number of rotatable bonds is 1. The average Bonchev–Trinajstić information content (AvgIpc) is 2.76.